The third-order valence-corrected chi connectivity index (χ3v) is 3.93. The molecule has 0 saturated carbocycles. The van der Waals surface area contributed by atoms with Crippen molar-refractivity contribution in [3.8, 4) is 11.5 Å². The maximum absolute atomic E-state index is 12.3. The van der Waals surface area contributed by atoms with E-state index in [9.17, 15) is 14.4 Å². The van der Waals surface area contributed by atoms with Gasteiger partial charge in [-0.1, -0.05) is 28.8 Å². The van der Waals surface area contributed by atoms with Gasteiger partial charge < -0.3 is 14.3 Å². The van der Waals surface area contributed by atoms with Crippen LogP contribution in [-0.2, 0) is 4.84 Å². The van der Waals surface area contributed by atoms with Crippen LogP contribution in [0.2, 0.25) is 5.02 Å². The maximum Gasteiger partial charge on any atom is 0.365 e. The molecular weight excluding hydrogens is 338 g/mol. The first kappa shape index (κ1) is 14.5. The number of fused-ring (bicyclic) bond motifs is 2. The Labute approximate surface area is 140 Å². The third-order valence-electron chi connectivity index (χ3n) is 3.61. The smallest absolute Gasteiger partial charge is 0.365 e. The lowest BCUT2D eigenvalue weighted by Crippen LogP contribution is -2.32. The SMILES string of the molecule is O=C(ON1C(=O)c2ccccc2C1=O)c1cc2c(cc1Cl)OCO2. The van der Waals surface area contributed by atoms with E-state index in [1.807, 2.05) is 0 Å². The highest BCUT2D eigenvalue weighted by Gasteiger charge is 2.39. The summed E-state index contributed by atoms with van der Waals surface area (Å²) in [7, 11) is 0. The van der Waals surface area contributed by atoms with Crippen LogP contribution < -0.4 is 9.47 Å². The van der Waals surface area contributed by atoms with E-state index in [-0.39, 0.29) is 28.5 Å². The number of benzene rings is 2. The molecule has 7 nitrogen and oxygen atoms in total. The zero-order chi connectivity index (χ0) is 16.8. The second-order valence-electron chi connectivity index (χ2n) is 5.01. The number of imide groups is 1. The number of carbonyl (C=O) groups excluding carboxylic acids is 3. The number of hydrogen-bond donors (Lipinski definition) is 0. The molecule has 0 bridgehead atoms. The summed E-state index contributed by atoms with van der Waals surface area (Å²) >= 11 is 6.03. The maximum atomic E-state index is 12.3. The molecule has 0 spiro atoms. The van der Waals surface area contributed by atoms with E-state index in [0.29, 0.717) is 16.6 Å². The van der Waals surface area contributed by atoms with E-state index < -0.39 is 17.8 Å². The Morgan fingerprint density at radius 1 is 1.04 bits per heavy atom. The van der Waals surface area contributed by atoms with Gasteiger partial charge in [-0.05, 0) is 12.1 Å². The van der Waals surface area contributed by atoms with Crippen molar-refractivity contribution in [2.75, 3.05) is 6.79 Å². The number of hydroxylamine groups is 2. The molecular formula is C16H8ClNO6. The van der Waals surface area contributed by atoms with Gasteiger partial charge in [-0.3, -0.25) is 9.59 Å². The summed E-state index contributed by atoms with van der Waals surface area (Å²) in [6.07, 6.45) is 0. The summed E-state index contributed by atoms with van der Waals surface area (Å²) in [5.74, 6) is -1.64. The van der Waals surface area contributed by atoms with E-state index in [1.54, 1.807) is 12.1 Å². The van der Waals surface area contributed by atoms with Crippen LogP contribution in [0.15, 0.2) is 36.4 Å². The van der Waals surface area contributed by atoms with Gasteiger partial charge in [-0.25, -0.2) is 4.79 Å². The highest BCUT2D eigenvalue weighted by atomic mass is 35.5. The van der Waals surface area contributed by atoms with E-state index >= 15 is 0 Å². The molecule has 2 aromatic rings. The molecule has 0 fully saturated rings. The molecule has 0 saturated heterocycles. The van der Waals surface area contributed by atoms with Gasteiger partial charge in [-0.2, -0.15) is 0 Å². The van der Waals surface area contributed by atoms with E-state index in [0.717, 1.165) is 0 Å². The second kappa shape index (κ2) is 5.24. The number of ether oxygens (including phenoxy) is 2. The molecule has 2 aromatic carbocycles. The van der Waals surface area contributed by atoms with Gasteiger partial charge >= 0.3 is 5.97 Å². The first-order valence-corrected chi connectivity index (χ1v) is 7.23. The Morgan fingerprint density at radius 3 is 2.25 bits per heavy atom. The molecule has 8 heteroatoms. The molecule has 0 unspecified atom stereocenters. The van der Waals surface area contributed by atoms with Gasteiger partial charge in [-0.15, -0.1) is 0 Å². The number of amides is 2. The number of carbonyl (C=O) groups is 3. The topological polar surface area (TPSA) is 82.1 Å². The monoisotopic (exact) mass is 345 g/mol. The largest absolute Gasteiger partial charge is 0.454 e. The number of rotatable bonds is 2. The molecule has 120 valence electrons. The van der Waals surface area contributed by atoms with Crippen molar-refractivity contribution in [2.24, 2.45) is 0 Å². The Bertz CT molecular complexity index is 874. The number of nitrogens with zero attached hydrogens (tertiary/aromatic N) is 1. The molecule has 4 rings (SSSR count). The summed E-state index contributed by atoms with van der Waals surface area (Å²) in [5, 5.41) is 0.481. The van der Waals surface area contributed by atoms with Gasteiger partial charge in [0.15, 0.2) is 11.5 Å². The summed E-state index contributed by atoms with van der Waals surface area (Å²) in [6, 6.07) is 8.94. The Balaban J connectivity index is 1.62. The highest BCUT2D eigenvalue weighted by molar-refractivity contribution is 6.34. The lowest BCUT2D eigenvalue weighted by molar-refractivity contribution is -0.0584. The molecule has 0 radical (unpaired) electrons. The minimum absolute atomic E-state index is 0.0164. The van der Waals surface area contributed by atoms with Crippen LogP contribution in [0.4, 0.5) is 0 Å². The van der Waals surface area contributed by atoms with Gasteiger partial charge in [0, 0.05) is 12.1 Å². The zero-order valence-electron chi connectivity index (χ0n) is 11.9. The summed E-state index contributed by atoms with van der Waals surface area (Å²) < 4.78 is 10.3. The van der Waals surface area contributed by atoms with Crippen molar-refractivity contribution >= 4 is 29.4 Å². The fraction of sp³-hybridized carbons (Fsp3) is 0.0625. The van der Waals surface area contributed by atoms with Crippen LogP contribution in [0.25, 0.3) is 0 Å². The molecule has 2 amide bonds. The Morgan fingerprint density at radius 2 is 1.62 bits per heavy atom. The molecule has 2 aliphatic rings. The fourth-order valence-electron chi connectivity index (χ4n) is 2.46. The molecule has 0 N–H and O–H groups in total. The van der Waals surface area contributed by atoms with Crippen LogP contribution >= 0.6 is 11.6 Å². The number of halogens is 1. The normalized spacial score (nSPS) is 14.8. The molecule has 0 aliphatic carbocycles. The zero-order valence-corrected chi connectivity index (χ0v) is 12.7. The highest BCUT2D eigenvalue weighted by Crippen LogP contribution is 2.37. The second-order valence-corrected chi connectivity index (χ2v) is 5.42. The third kappa shape index (κ3) is 2.10. The van der Waals surface area contributed by atoms with Gasteiger partial charge in [0.1, 0.15) is 0 Å². The summed E-state index contributed by atoms with van der Waals surface area (Å²) in [6.45, 7) is 0.0164. The lowest BCUT2D eigenvalue weighted by atomic mass is 10.1. The molecule has 0 aromatic heterocycles. The molecule has 2 heterocycles. The predicted molar refractivity (Wildman–Crippen MR) is 79.9 cm³/mol. The first-order valence-electron chi connectivity index (χ1n) is 6.85. The average Bonchev–Trinajstić information content (AvgIpc) is 3.12. The van der Waals surface area contributed by atoms with Crippen LogP contribution in [0.5, 0.6) is 11.5 Å². The van der Waals surface area contributed by atoms with Crippen molar-refractivity contribution in [2.45, 2.75) is 0 Å². The lowest BCUT2D eigenvalue weighted by Gasteiger charge is -2.13. The average molecular weight is 346 g/mol. The van der Waals surface area contributed by atoms with Gasteiger partial charge in [0.2, 0.25) is 6.79 Å². The standard InChI is InChI=1S/C16H8ClNO6/c17-11-6-13-12(22-7-23-13)5-10(11)16(21)24-18-14(19)8-3-1-2-4-9(8)15(18)20/h1-6H,7H2. The minimum atomic E-state index is -0.951. The van der Waals surface area contributed by atoms with Crippen molar-refractivity contribution in [1.82, 2.24) is 5.06 Å². The summed E-state index contributed by atoms with van der Waals surface area (Å²) in [4.78, 5) is 41.7. The van der Waals surface area contributed by atoms with Crippen molar-refractivity contribution in [1.29, 1.82) is 0 Å². The Kier molecular flexibility index (Phi) is 3.17. The summed E-state index contributed by atoms with van der Waals surface area (Å²) in [5.41, 5.74) is 0.302. The van der Waals surface area contributed by atoms with Gasteiger partial charge in [0.25, 0.3) is 11.8 Å². The van der Waals surface area contributed by atoms with Crippen LogP contribution in [0.3, 0.4) is 0 Å². The Hall–Kier alpha value is -3.06. The molecule has 2 aliphatic heterocycles. The van der Waals surface area contributed by atoms with Gasteiger partial charge in [0.05, 0.1) is 21.7 Å². The van der Waals surface area contributed by atoms with Crippen molar-refractivity contribution in [3.05, 3.63) is 58.1 Å². The van der Waals surface area contributed by atoms with Crippen molar-refractivity contribution < 1.29 is 28.7 Å². The number of hydrogen-bond acceptors (Lipinski definition) is 6. The minimum Gasteiger partial charge on any atom is -0.454 e. The van der Waals surface area contributed by atoms with E-state index in [2.05, 4.69) is 0 Å². The van der Waals surface area contributed by atoms with Crippen LogP contribution in [0.1, 0.15) is 31.1 Å². The molecule has 24 heavy (non-hydrogen) atoms. The van der Waals surface area contributed by atoms with Crippen molar-refractivity contribution in [3.63, 3.8) is 0 Å². The van der Waals surface area contributed by atoms with Crippen LogP contribution in [0, 0.1) is 0 Å². The molecule has 0 atom stereocenters. The fourth-order valence-corrected chi connectivity index (χ4v) is 2.69. The van der Waals surface area contributed by atoms with E-state index in [1.165, 1.54) is 24.3 Å². The quantitative estimate of drug-likeness (QED) is 0.777. The van der Waals surface area contributed by atoms with Crippen LogP contribution in [-0.4, -0.2) is 29.6 Å². The van der Waals surface area contributed by atoms with E-state index in [4.69, 9.17) is 25.9 Å². The predicted octanol–water partition coefficient (Wildman–Crippen LogP) is 2.44. The first-order chi connectivity index (χ1) is 11.6.